The van der Waals surface area contributed by atoms with Crippen molar-refractivity contribution in [3.8, 4) is 0 Å². The Morgan fingerprint density at radius 2 is 1.57 bits per heavy atom. The van der Waals surface area contributed by atoms with Crippen molar-refractivity contribution < 1.29 is 9.59 Å². The Balaban J connectivity index is 1.58. The van der Waals surface area contributed by atoms with Crippen LogP contribution >= 0.6 is 11.6 Å². The standard InChI is InChI=1S/C29H32ClN3O2/c1-18(2)23-9-7-10-24(19(3)4)27(23)32-29(35)31-25-16-21-8-5-6-11-26(21)33(28(25)34)17-20-12-14-22(30)15-13-20/h5-15,18-19,25H,16-17H2,1-4H3,(H2,31,32,35). The predicted octanol–water partition coefficient (Wildman–Crippen LogP) is 6.87. The van der Waals surface area contributed by atoms with Gasteiger partial charge in [-0.3, -0.25) is 4.79 Å². The molecule has 0 bridgehead atoms. The van der Waals surface area contributed by atoms with Crippen LogP contribution in [0.2, 0.25) is 5.02 Å². The van der Waals surface area contributed by atoms with Crippen LogP contribution in [0.5, 0.6) is 0 Å². The van der Waals surface area contributed by atoms with E-state index in [1.54, 1.807) is 4.90 Å². The van der Waals surface area contributed by atoms with Gasteiger partial charge in [0.05, 0.1) is 6.54 Å². The fraction of sp³-hybridized carbons (Fsp3) is 0.310. The number of halogens is 1. The normalized spacial score (nSPS) is 15.3. The summed E-state index contributed by atoms with van der Waals surface area (Å²) in [5, 5.41) is 6.67. The number of rotatable bonds is 6. The first kappa shape index (κ1) is 24.8. The fourth-order valence-corrected chi connectivity index (χ4v) is 4.74. The molecule has 182 valence electrons. The number of urea groups is 1. The van der Waals surface area contributed by atoms with Gasteiger partial charge in [-0.25, -0.2) is 4.79 Å². The van der Waals surface area contributed by atoms with Gasteiger partial charge in [-0.1, -0.05) is 87.8 Å². The van der Waals surface area contributed by atoms with Gasteiger partial charge in [0.1, 0.15) is 6.04 Å². The van der Waals surface area contributed by atoms with Crippen molar-refractivity contribution in [3.63, 3.8) is 0 Å². The number of amides is 3. The zero-order valence-corrected chi connectivity index (χ0v) is 21.4. The Hall–Kier alpha value is -3.31. The van der Waals surface area contributed by atoms with Crippen LogP contribution < -0.4 is 15.5 Å². The van der Waals surface area contributed by atoms with Crippen molar-refractivity contribution in [2.45, 2.75) is 58.5 Å². The second-order valence-electron chi connectivity index (χ2n) is 9.66. The van der Waals surface area contributed by atoms with Crippen molar-refractivity contribution in [3.05, 3.63) is 94.0 Å². The first-order valence-corrected chi connectivity index (χ1v) is 12.5. The summed E-state index contributed by atoms with van der Waals surface area (Å²) in [6, 6.07) is 20.4. The molecule has 3 amide bonds. The maximum absolute atomic E-state index is 13.6. The maximum Gasteiger partial charge on any atom is 0.319 e. The molecule has 0 saturated carbocycles. The number of nitrogens with zero attached hydrogens (tertiary/aromatic N) is 1. The molecule has 1 atom stereocenters. The first-order chi connectivity index (χ1) is 16.7. The highest BCUT2D eigenvalue weighted by Crippen LogP contribution is 2.33. The van der Waals surface area contributed by atoms with E-state index < -0.39 is 6.04 Å². The number of hydrogen-bond donors (Lipinski definition) is 2. The van der Waals surface area contributed by atoms with Crippen LogP contribution in [0.25, 0.3) is 0 Å². The second-order valence-corrected chi connectivity index (χ2v) is 10.1. The van der Waals surface area contributed by atoms with Crippen LogP contribution in [0.15, 0.2) is 66.7 Å². The lowest BCUT2D eigenvalue weighted by atomic mass is 9.92. The van der Waals surface area contributed by atoms with E-state index in [0.29, 0.717) is 18.0 Å². The minimum atomic E-state index is -0.661. The molecule has 0 saturated heterocycles. The number of carbonyl (C=O) groups is 2. The minimum Gasteiger partial charge on any atom is -0.326 e. The molecule has 0 aliphatic carbocycles. The summed E-state index contributed by atoms with van der Waals surface area (Å²) in [6.45, 7) is 8.84. The highest BCUT2D eigenvalue weighted by Gasteiger charge is 2.34. The molecule has 0 fully saturated rings. The largest absolute Gasteiger partial charge is 0.326 e. The molecule has 6 heteroatoms. The van der Waals surface area contributed by atoms with Crippen LogP contribution in [0, 0.1) is 0 Å². The summed E-state index contributed by atoms with van der Waals surface area (Å²) in [5.74, 6) is 0.374. The molecule has 35 heavy (non-hydrogen) atoms. The third kappa shape index (κ3) is 5.51. The SMILES string of the molecule is CC(C)c1cccc(C(C)C)c1NC(=O)NC1Cc2ccccc2N(Cc2ccc(Cl)cc2)C1=O. The maximum atomic E-state index is 13.6. The van der Waals surface area contributed by atoms with E-state index >= 15 is 0 Å². The van der Waals surface area contributed by atoms with E-state index in [1.165, 1.54) is 0 Å². The fourth-order valence-electron chi connectivity index (χ4n) is 4.61. The topological polar surface area (TPSA) is 61.4 Å². The highest BCUT2D eigenvalue weighted by molar-refractivity contribution is 6.30. The molecular formula is C29H32ClN3O2. The molecule has 0 spiro atoms. The van der Waals surface area contributed by atoms with Gasteiger partial charge in [0.25, 0.3) is 0 Å². The smallest absolute Gasteiger partial charge is 0.319 e. The lowest BCUT2D eigenvalue weighted by Gasteiger charge is -2.34. The second kappa shape index (κ2) is 10.5. The Kier molecular flexibility index (Phi) is 7.46. The Bertz CT molecular complexity index is 1190. The van der Waals surface area contributed by atoms with Crippen LogP contribution in [-0.2, 0) is 17.8 Å². The average molecular weight is 490 g/mol. The molecule has 4 rings (SSSR count). The zero-order valence-electron chi connectivity index (χ0n) is 20.6. The molecule has 5 nitrogen and oxygen atoms in total. The van der Waals surface area contributed by atoms with Crippen molar-refractivity contribution >= 4 is 34.9 Å². The predicted molar refractivity (Wildman–Crippen MR) is 143 cm³/mol. The number of hydrogen-bond acceptors (Lipinski definition) is 2. The summed E-state index contributed by atoms with van der Waals surface area (Å²) >= 11 is 6.04. The molecule has 1 aliphatic heterocycles. The van der Waals surface area contributed by atoms with Crippen LogP contribution in [0.1, 0.15) is 61.8 Å². The minimum absolute atomic E-state index is 0.130. The van der Waals surface area contributed by atoms with Crippen LogP contribution in [-0.4, -0.2) is 18.0 Å². The zero-order chi connectivity index (χ0) is 25.1. The van der Waals surface area contributed by atoms with E-state index in [-0.39, 0.29) is 23.8 Å². The summed E-state index contributed by atoms with van der Waals surface area (Å²) in [6.07, 6.45) is 0.447. The molecule has 2 N–H and O–H groups in total. The van der Waals surface area contributed by atoms with Gasteiger partial charge in [-0.05, 0) is 52.3 Å². The number of fused-ring (bicyclic) bond motifs is 1. The lowest BCUT2D eigenvalue weighted by molar-refractivity contribution is -0.120. The monoisotopic (exact) mass is 489 g/mol. The number of anilines is 2. The summed E-state index contributed by atoms with van der Waals surface area (Å²) in [7, 11) is 0. The van der Waals surface area contributed by atoms with E-state index in [2.05, 4.69) is 38.3 Å². The Labute approximate surface area is 212 Å². The van der Waals surface area contributed by atoms with Crippen LogP contribution in [0.4, 0.5) is 16.2 Å². The lowest BCUT2D eigenvalue weighted by Crippen LogP contribution is -2.53. The molecular weight excluding hydrogens is 458 g/mol. The number of para-hydroxylation sites is 2. The van der Waals surface area contributed by atoms with Crippen molar-refractivity contribution in [1.29, 1.82) is 0 Å². The Morgan fingerprint density at radius 1 is 0.943 bits per heavy atom. The Morgan fingerprint density at radius 3 is 2.20 bits per heavy atom. The van der Waals surface area contributed by atoms with Crippen molar-refractivity contribution in [2.24, 2.45) is 0 Å². The molecule has 3 aromatic carbocycles. The average Bonchev–Trinajstić information content (AvgIpc) is 2.82. The van der Waals surface area contributed by atoms with Gasteiger partial charge >= 0.3 is 6.03 Å². The molecule has 1 aliphatic rings. The van der Waals surface area contributed by atoms with E-state index in [4.69, 9.17) is 11.6 Å². The van der Waals surface area contributed by atoms with E-state index in [9.17, 15) is 9.59 Å². The first-order valence-electron chi connectivity index (χ1n) is 12.1. The van der Waals surface area contributed by atoms with Gasteiger partial charge in [-0.2, -0.15) is 0 Å². The van der Waals surface area contributed by atoms with Gasteiger partial charge < -0.3 is 15.5 Å². The third-order valence-electron chi connectivity index (χ3n) is 6.44. The van der Waals surface area contributed by atoms with E-state index in [1.807, 2.05) is 66.7 Å². The van der Waals surface area contributed by atoms with Gasteiger partial charge in [0, 0.05) is 22.8 Å². The molecule has 0 radical (unpaired) electrons. The summed E-state index contributed by atoms with van der Waals surface area (Å²) in [5.41, 5.74) is 5.86. The summed E-state index contributed by atoms with van der Waals surface area (Å²) < 4.78 is 0. The molecule has 0 aromatic heterocycles. The van der Waals surface area contributed by atoms with Gasteiger partial charge in [0.15, 0.2) is 0 Å². The number of carbonyl (C=O) groups excluding carboxylic acids is 2. The molecule has 3 aromatic rings. The number of benzene rings is 3. The van der Waals surface area contributed by atoms with Gasteiger partial charge in [-0.15, -0.1) is 0 Å². The van der Waals surface area contributed by atoms with E-state index in [0.717, 1.165) is 33.6 Å². The third-order valence-corrected chi connectivity index (χ3v) is 6.69. The molecule has 1 unspecified atom stereocenters. The molecule has 1 heterocycles. The number of nitrogens with one attached hydrogen (secondary N) is 2. The van der Waals surface area contributed by atoms with Gasteiger partial charge in [0.2, 0.25) is 5.91 Å². The quantitative estimate of drug-likeness (QED) is 0.397. The van der Waals surface area contributed by atoms with Crippen molar-refractivity contribution in [1.82, 2.24) is 5.32 Å². The van der Waals surface area contributed by atoms with Crippen molar-refractivity contribution in [2.75, 3.05) is 10.2 Å². The van der Waals surface area contributed by atoms with Crippen LogP contribution in [0.3, 0.4) is 0 Å². The summed E-state index contributed by atoms with van der Waals surface area (Å²) in [4.78, 5) is 28.5. The highest BCUT2D eigenvalue weighted by atomic mass is 35.5.